The first-order valence-electron chi connectivity index (χ1n) is 26.4. The van der Waals surface area contributed by atoms with Crippen LogP contribution in [0.5, 0.6) is 0 Å². The van der Waals surface area contributed by atoms with Crippen LogP contribution < -0.4 is 44.6 Å². The summed E-state index contributed by atoms with van der Waals surface area (Å²) in [6.45, 7) is 6.95. The highest BCUT2D eigenvalue weighted by Crippen LogP contribution is 2.41. The number of aromatic amines is 2. The van der Waals surface area contributed by atoms with Gasteiger partial charge in [0, 0.05) is 51.7 Å². The van der Waals surface area contributed by atoms with E-state index in [4.69, 9.17) is 68.6 Å². The molecule has 10 rings (SSSR count). The second-order valence-electron chi connectivity index (χ2n) is 18.9. The number of ether oxygens (including phenoxy) is 10. The van der Waals surface area contributed by atoms with Gasteiger partial charge in [-0.1, -0.05) is 19.6 Å². The van der Waals surface area contributed by atoms with Crippen molar-refractivity contribution in [2.45, 2.75) is 82.2 Å². The summed E-state index contributed by atoms with van der Waals surface area (Å²) in [5.74, 6) is 0.324. The predicted octanol–water partition coefficient (Wildman–Crippen LogP) is -0.276. The number of hydrogen-bond acceptors (Lipinski definition) is 26. The Labute approximate surface area is 482 Å². The fourth-order valence-corrected chi connectivity index (χ4v) is 9.84. The summed E-state index contributed by atoms with van der Waals surface area (Å²) < 4.78 is 62.4. The van der Waals surface area contributed by atoms with Crippen LogP contribution in [0, 0.1) is 0 Å². The van der Waals surface area contributed by atoms with Gasteiger partial charge in [0.25, 0.3) is 11.1 Å². The first-order chi connectivity index (χ1) is 40.7. The predicted molar refractivity (Wildman–Crippen MR) is 300 cm³/mol. The molecule has 6 aromatic rings. The Morgan fingerprint density at radius 2 is 1.02 bits per heavy atom. The topological polar surface area (TPSA) is 407 Å². The molecule has 0 bridgehead atoms. The van der Waals surface area contributed by atoms with Crippen molar-refractivity contribution in [1.82, 2.24) is 38.2 Å². The van der Waals surface area contributed by atoms with E-state index in [-0.39, 0.29) is 107 Å². The highest BCUT2D eigenvalue weighted by molar-refractivity contribution is 5.89. The first-order valence-corrected chi connectivity index (χ1v) is 26.4. The molecule has 10 atom stereocenters. The van der Waals surface area contributed by atoms with E-state index in [0.717, 1.165) is 0 Å². The molecule has 32 heteroatoms. The molecule has 4 aliphatic rings. The molecule has 4 fully saturated rings. The van der Waals surface area contributed by atoms with E-state index >= 15 is 0 Å². The number of fused-ring (bicyclic) bond motifs is 4. The van der Waals surface area contributed by atoms with E-state index in [2.05, 4.69) is 43.7 Å². The van der Waals surface area contributed by atoms with Crippen molar-refractivity contribution in [2.24, 2.45) is 0 Å². The minimum absolute atomic E-state index is 0. The summed E-state index contributed by atoms with van der Waals surface area (Å²) in [4.78, 5) is 99.5. The summed E-state index contributed by atoms with van der Waals surface area (Å²) in [6, 6.07) is 9.44. The third kappa shape index (κ3) is 13.7. The van der Waals surface area contributed by atoms with Gasteiger partial charge in [0.1, 0.15) is 97.4 Å². The number of carbonyl (C=O) groups excluding carboxylic acids is 2. The number of pyridine rings is 4. The molecule has 0 spiro atoms. The smallest absolute Gasteiger partial charge is 0.339 e. The maximum absolute atomic E-state index is 13.4. The summed E-state index contributed by atoms with van der Waals surface area (Å²) in [5, 5.41) is 25.6. The molecule has 10 N–H and O–H groups in total. The van der Waals surface area contributed by atoms with Crippen LogP contribution in [0.25, 0.3) is 22.1 Å². The van der Waals surface area contributed by atoms with Crippen molar-refractivity contribution >= 4 is 57.3 Å². The van der Waals surface area contributed by atoms with Gasteiger partial charge in [0.05, 0.1) is 61.8 Å². The van der Waals surface area contributed by atoms with Crippen LogP contribution in [-0.4, -0.2) is 190 Å². The maximum atomic E-state index is 13.4. The Bertz CT molecular complexity index is 3530. The minimum Gasteiger partial charge on any atom is -0.460 e. The summed E-state index contributed by atoms with van der Waals surface area (Å²) >= 11 is 0. The average molecular weight is 1190 g/mol. The van der Waals surface area contributed by atoms with Gasteiger partial charge in [-0.05, 0) is 24.3 Å². The van der Waals surface area contributed by atoms with Crippen molar-refractivity contribution in [3.05, 3.63) is 127 Å². The number of nitrogens with zero attached hydrogens (tertiary/aromatic N) is 6. The number of rotatable bonds is 26. The second kappa shape index (κ2) is 28.6. The second-order valence-corrected chi connectivity index (χ2v) is 18.9. The van der Waals surface area contributed by atoms with Crippen molar-refractivity contribution in [3.63, 3.8) is 0 Å². The lowest BCUT2D eigenvalue weighted by Crippen LogP contribution is -2.34. The van der Waals surface area contributed by atoms with Gasteiger partial charge in [-0.25, -0.2) is 38.9 Å². The van der Waals surface area contributed by atoms with Crippen molar-refractivity contribution in [1.29, 1.82) is 0 Å². The fraction of sp³-hybridized carbons (Fsp3) is 0.472. The van der Waals surface area contributed by atoms with Crippen LogP contribution in [0.4, 0.5) is 23.3 Å². The quantitative estimate of drug-likeness (QED) is 0.0114. The van der Waals surface area contributed by atoms with Crippen LogP contribution in [0.2, 0.25) is 0 Å². The van der Waals surface area contributed by atoms with Gasteiger partial charge in [-0.2, -0.15) is 0 Å². The van der Waals surface area contributed by atoms with Crippen LogP contribution in [0.15, 0.2) is 93.3 Å². The number of hydrogen-bond donors (Lipinski definition) is 8. The van der Waals surface area contributed by atoms with Crippen LogP contribution in [-0.2, 0) is 70.2 Å². The van der Waals surface area contributed by atoms with Crippen LogP contribution >= 0.6 is 0 Å². The van der Waals surface area contributed by atoms with E-state index in [1.807, 2.05) is 0 Å². The van der Waals surface area contributed by atoms with Gasteiger partial charge < -0.3 is 89.7 Å². The Morgan fingerprint density at radius 1 is 0.624 bits per heavy atom. The number of imidazole rings is 2. The summed E-state index contributed by atoms with van der Waals surface area (Å²) in [6.07, 6.45) is -2.49. The maximum Gasteiger partial charge on any atom is 0.339 e. The Hall–Kier alpha value is -8.12. The van der Waals surface area contributed by atoms with E-state index < -0.39 is 109 Å². The number of nitrogens with two attached hydrogens (primary N) is 2. The molecule has 4 saturated heterocycles. The van der Waals surface area contributed by atoms with E-state index in [1.54, 1.807) is 38.4 Å². The van der Waals surface area contributed by atoms with Gasteiger partial charge in [0.15, 0.2) is 25.0 Å². The highest BCUT2D eigenvalue weighted by atomic mass is 17.2. The number of nitrogens with one attached hydrogen (secondary N) is 4. The molecule has 4 aliphatic heterocycles. The first kappa shape index (κ1) is 62.9. The average Bonchev–Trinajstić information content (AvgIpc) is 1.78. The third-order valence-electron chi connectivity index (χ3n) is 13.5. The zero-order valence-corrected chi connectivity index (χ0v) is 45.5. The summed E-state index contributed by atoms with van der Waals surface area (Å²) in [7, 11) is 3.45. The molecular weight excluding hydrogens is 1120 g/mol. The number of aliphatic hydroxyl groups is 2. The molecular formula is C53H68N12O20. The van der Waals surface area contributed by atoms with E-state index in [0.29, 0.717) is 22.8 Å². The normalized spacial score (nSPS) is 23.0. The number of allylic oxidation sites excluding steroid dienone is 2. The highest BCUT2D eigenvalue weighted by Gasteiger charge is 2.55. The Kier molecular flexibility index (Phi) is 21.2. The van der Waals surface area contributed by atoms with Crippen molar-refractivity contribution in [2.75, 3.05) is 102 Å². The molecule has 460 valence electrons. The van der Waals surface area contributed by atoms with E-state index in [9.17, 15) is 39.0 Å². The molecule has 32 nitrogen and oxygen atoms in total. The van der Waals surface area contributed by atoms with E-state index in [1.165, 1.54) is 54.9 Å². The molecule has 0 aliphatic carbocycles. The standard InChI is InChI=1S/C27H34N6O11.C25H30N6O9.CH4/c1-3-6-32-21-16(11-18(28)31-24(21)35)33(27(32)37)25-23-22(17(13-34)42-25)43-20(44-23)14-38-7-9-40-41-10-8-39-26(36)15-4-5-19(29-2)30-12-15;1-3-6-30-19-14(9-16(26)29-22(19)33)31(25(30)35)23-21-20(15(11-32)38-23)39-18(40-21)12-36-7-8-37-24(34)13-4-5-17(27-2)28-10-13;/h3-5,11-12,17,20,22-23,25,34H,1,6-10,13-14H2,2H3,(H,29,30)(H3,28,31,35);3-5,9-10,15,18,20-21,23,32H,1,6-8,11-12H2,2H3,(H,27,28)(H3,26,29,33);1H4/t17-,20?,22-,23-,25-;15-,18?,20-,21-,23-;/m11./s1. The zero-order valence-electron chi connectivity index (χ0n) is 45.5. The minimum atomic E-state index is -1.02. The number of esters is 2. The summed E-state index contributed by atoms with van der Waals surface area (Å²) in [5.41, 5.74) is 10.9. The molecule has 2 unspecified atom stereocenters. The van der Waals surface area contributed by atoms with Gasteiger partial charge in [-0.3, -0.25) is 27.9 Å². The van der Waals surface area contributed by atoms with Gasteiger partial charge >= 0.3 is 23.3 Å². The number of H-pyrrole nitrogens is 2. The lowest BCUT2D eigenvalue weighted by molar-refractivity contribution is -0.303. The monoisotopic (exact) mass is 1190 g/mol. The van der Waals surface area contributed by atoms with Crippen LogP contribution in [0.3, 0.4) is 0 Å². The fourth-order valence-electron chi connectivity index (χ4n) is 9.84. The van der Waals surface area contributed by atoms with Gasteiger partial charge in [-0.15, -0.1) is 13.2 Å². The Morgan fingerprint density at radius 3 is 1.41 bits per heavy atom. The number of aromatic nitrogens is 8. The molecule has 0 aromatic carbocycles. The zero-order chi connectivity index (χ0) is 59.6. The lowest BCUT2D eigenvalue weighted by atomic mass is 10.1. The number of nitrogen functional groups attached to an aromatic ring is 2. The van der Waals surface area contributed by atoms with Crippen molar-refractivity contribution in [3.8, 4) is 0 Å². The molecule has 85 heavy (non-hydrogen) atoms. The van der Waals surface area contributed by atoms with Crippen molar-refractivity contribution < 1.29 is 76.9 Å². The number of anilines is 4. The largest absolute Gasteiger partial charge is 0.460 e. The molecule has 0 amide bonds. The Balaban J connectivity index is 0.000000220. The lowest BCUT2D eigenvalue weighted by Gasteiger charge is -2.20. The third-order valence-corrected chi connectivity index (χ3v) is 13.5. The van der Waals surface area contributed by atoms with Gasteiger partial charge in [0.2, 0.25) is 0 Å². The molecule has 6 aromatic heterocycles. The molecule has 0 saturated carbocycles. The number of carbonyl (C=O) groups is 2. The SMILES string of the molecule is C.C=CCn1c(=O)n([C@@H]2O[C@H](CO)[C@H]3OC(COCCOC(=O)c4ccc(NC)nc4)O[C@H]32)c2cc(N)[nH]c(=O)c21.C=CCn1c(=O)n([C@@H]2O[C@H](CO)[C@H]3OC(COCCOOCCOC(=O)c4ccc(NC)nc4)O[C@H]32)c2cc(N)[nH]c(=O)c21. The molecule has 10 heterocycles. The number of aliphatic hydroxyl groups excluding tert-OH is 2. The molecule has 0 radical (unpaired) electrons. The van der Waals surface area contributed by atoms with Crippen LogP contribution in [0.1, 0.15) is 40.6 Å².